The molecule has 0 aromatic heterocycles. The number of nitrogens with two attached hydrogens (primary N) is 2. The van der Waals surface area contributed by atoms with Gasteiger partial charge >= 0.3 is 0 Å². The molecule has 1 rings (SSSR count). The van der Waals surface area contributed by atoms with Crippen LogP contribution < -0.4 is 11.5 Å². The summed E-state index contributed by atoms with van der Waals surface area (Å²) in [7, 11) is 0. The fraction of sp³-hybridized carbons (Fsp3) is 0.300. The van der Waals surface area contributed by atoms with Crippen LogP contribution >= 0.6 is 0 Å². The smallest absolute Gasteiger partial charge is 0.249 e. The Labute approximate surface area is 77.7 Å². The van der Waals surface area contributed by atoms with E-state index in [0.29, 0.717) is 5.56 Å². The minimum atomic E-state index is -0.417. The summed E-state index contributed by atoms with van der Waals surface area (Å²) in [5.41, 5.74) is 12.4. The summed E-state index contributed by atoms with van der Waals surface area (Å²) in [5.74, 6) is -0.417. The molecule has 70 valence electrons. The Balaban J connectivity index is 3.11. The van der Waals surface area contributed by atoms with E-state index in [4.69, 9.17) is 11.5 Å². The van der Waals surface area contributed by atoms with Gasteiger partial charge in [-0.2, -0.15) is 0 Å². The Morgan fingerprint density at radius 1 is 1.46 bits per heavy atom. The highest BCUT2D eigenvalue weighted by molar-refractivity contribution is 5.94. The minimum absolute atomic E-state index is 0.108. The van der Waals surface area contributed by atoms with E-state index in [1.807, 2.05) is 19.1 Å². The number of rotatable bonds is 3. The van der Waals surface area contributed by atoms with Crippen LogP contribution in [0.2, 0.25) is 0 Å². The first-order chi connectivity index (χ1) is 6.16. The van der Waals surface area contributed by atoms with E-state index in [1.54, 1.807) is 12.1 Å². The number of carbonyl (C=O) groups is 1. The molecule has 1 amide bonds. The third kappa shape index (κ3) is 2.06. The van der Waals surface area contributed by atoms with Gasteiger partial charge in [0.05, 0.1) is 0 Å². The summed E-state index contributed by atoms with van der Waals surface area (Å²) in [6.07, 6.45) is 0.796. The number of primary amides is 1. The summed E-state index contributed by atoms with van der Waals surface area (Å²) < 4.78 is 0. The van der Waals surface area contributed by atoms with E-state index in [0.717, 1.165) is 12.0 Å². The number of benzene rings is 1. The van der Waals surface area contributed by atoms with Gasteiger partial charge in [0.1, 0.15) is 0 Å². The van der Waals surface area contributed by atoms with Crippen molar-refractivity contribution in [2.45, 2.75) is 19.4 Å². The molecule has 0 fully saturated rings. The fourth-order valence-electron chi connectivity index (χ4n) is 1.26. The molecule has 3 nitrogen and oxygen atoms in total. The lowest BCUT2D eigenvalue weighted by molar-refractivity contribution is 0.0999. The van der Waals surface area contributed by atoms with Crippen LogP contribution in [0.4, 0.5) is 0 Å². The molecule has 0 aliphatic rings. The average molecular weight is 178 g/mol. The Morgan fingerprint density at radius 3 is 2.62 bits per heavy atom. The minimum Gasteiger partial charge on any atom is -0.366 e. The standard InChI is InChI=1S/C10H14N2O/c1-2-9(11)7-5-3-4-6-8(7)10(12)13/h3-6,9H,2,11H2,1H3,(H2,12,13)/t9-/m1/s1. The van der Waals surface area contributed by atoms with Crippen molar-refractivity contribution in [3.8, 4) is 0 Å². The molecular weight excluding hydrogens is 164 g/mol. The topological polar surface area (TPSA) is 69.1 Å². The van der Waals surface area contributed by atoms with Crippen molar-refractivity contribution >= 4 is 5.91 Å². The monoisotopic (exact) mass is 178 g/mol. The SMILES string of the molecule is CC[C@@H](N)c1ccccc1C(N)=O. The van der Waals surface area contributed by atoms with E-state index in [-0.39, 0.29) is 6.04 Å². The maximum Gasteiger partial charge on any atom is 0.249 e. The predicted molar refractivity (Wildman–Crippen MR) is 52.2 cm³/mol. The molecule has 0 heterocycles. The van der Waals surface area contributed by atoms with Crippen LogP contribution in [0.15, 0.2) is 24.3 Å². The van der Waals surface area contributed by atoms with Crippen molar-refractivity contribution in [3.63, 3.8) is 0 Å². The Morgan fingerprint density at radius 2 is 2.08 bits per heavy atom. The highest BCUT2D eigenvalue weighted by Crippen LogP contribution is 2.17. The quantitative estimate of drug-likeness (QED) is 0.730. The molecule has 0 spiro atoms. The van der Waals surface area contributed by atoms with E-state index >= 15 is 0 Å². The molecule has 13 heavy (non-hydrogen) atoms. The summed E-state index contributed by atoms with van der Waals surface area (Å²) in [6, 6.07) is 7.08. The number of amides is 1. The molecule has 1 atom stereocenters. The van der Waals surface area contributed by atoms with E-state index in [9.17, 15) is 4.79 Å². The Bertz CT molecular complexity index is 310. The number of carbonyl (C=O) groups excluding carboxylic acids is 1. The second kappa shape index (κ2) is 4.05. The van der Waals surface area contributed by atoms with E-state index in [1.165, 1.54) is 0 Å². The molecule has 4 N–H and O–H groups in total. The zero-order chi connectivity index (χ0) is 9.84. The molecule has 0 aliphatic carbocycles. The van der Waals surface area contributed by atoms with Gasteiger partial charge in [-0.05, 0) is 18.1 Å². The third-order valence-electron chi connectivity index (χ3n) is 2.07. The highest BCUT2D eigenvalue weighted by Gasteiger charge is 2.11. The van der Waals surface area contributed by atoms with Gasteiger partial charge in [0.15, 0.2) is 0 Å². The normalized spacial score (nSPS) is 12.5. The predicted octanol–water partition coefficient (Wildman–Crippen LogP) is 1.20. The molecule has 0 aliphatic heterocycles. The number of hydrogen-bond acceptors (Lipinski definition) is 2. The van der Waals surface area contributed by atoms with Crippen LogP contribution in [0.3, 0.4) is 0 Å². The molecule has 3 heteroatoms. The van der Waals surface area contributed by atoms with Crippen LogP contribution in [0.25, 0.3) is 0 Å². The van der Waals surface area contributed by atoms with Gasteiger partial charge in [-0.3, -0.25) is 4.79 Å². The lowest BCUT2D eigenvalue weighted by Crippen LogP contribution is -2.18. The van der Waals surface area contributed by atoms with Crippen molar-refractivity contribution in [2.24, 2.45) is 11.5 Å². The van der Waals surface area contributed by atoms with Gasteiger partial charge in [0.2, 0.25) is 5.91 Å². The van der Waals surface area contributed by atoms with Crippen LogP contribution in [0.1, 0.15) is 35.3 Å². The lowest BCUT2D eigenvalue weighted by Gasteiger charge is -2.12. The van der Waals surface area contributed by atoms with Gasteiger partial charge < -0.3 is 11.5 Å². The van der Waals surface area contributed by atoms with Crippen LogP contribution in [-0.2, 0) is 0 Å². The van der Waals surface area contributed by atoms with Gasteiger partial charge in [0.25, 0.3) is 0 Å². The van der Waals surface area contributed by atoms with Crippen molar-refractivity contribution in [1.82, 2.24) is 0 Å². The molecule has 0 radical (unpaired) electrons. The molecule has 0 saturated carbocycles. The van der Waals surface area contributed by atoms with Gasteiger partial charge in [-0.1, -0.05) is 25.1 Å². The largest absolute Gasteiger partial charge is 0.366 e. The Kier molecular flexibility index (Phi) is 3.03. The first-order valence-electron chi connectivity index (χ1n) is 4.31. The molecule has 0 unspecified atom stereocenters. The summed E-state index contributed by atoms with van der Waals surface area (Å²) >= 11 is 0. The first-order valence-corrected chi connectivity index (χ1v) is 4.31. The summed E-state index contributed by atoms with van der Waals surface area (Å²) in [5, 5.41) is 0. The van der Waals surface area contributed by atoms with Gasteiger partial charge in [-0.25, -0.2) is 0 Å². The van der Waals surface area contributed by atoms with Crippen LogP contribution in [0, 0.1) is 0 Å². The average Bonchev–Trinajstić information content (AvgIpc) is 2.16. The van der Waals surface area contributed by atoms with Crippen molar-refractivity contribution < 1.29 is 4.79 Å². The molecule has 0 bridgehead atoms. The second-order valence-electron chi connectivity index (χ2n) is 2.97. The third-order valence-corrected chi connectivity index (χ3v) is 2.07. The fourth-order valence-corrected chi connectivity index (χ4v) is 1.26. The molecule has 1 aromatic carbocycles. The lowest BCUT2D eigenvalue weighted by atomic mass is 9.99. The maximum atomic E-state index is 11.0. The van der Waals surface area contributed by atoms with E-state index < -0.39 is 5.91 Å². The Hall–Kier alpha value is -1.35. The number of hydrogen-bond donors (Lipinski definition) is 2. The van der Waals surface area contributed by atoms with Crippen molar-refractivity contribution in [2.75, 3.05) is 0 Å². The van der Waals surface area contributed by atoms with Crippen LogP contribution in [-0.4, -0.2) is 5.91 Å². The van der Waals surface area contributed by atoms with Crippen LogP contribution in [0.5, 0.6) is 0 Å². The summed E-state index contributed by atoms with van der Waals surface area (Å²) in [6.45, 7) is 1.97. The van der Waals surface area contributed by atoms with E-state index in [2.05, 4.69) is 0 Å². The molecular formula is C10H14N2O. The molecule has 1 aromatic rings. The zero-order valence-electron chi connectivity index (χ0n) is 7.66. The summed E-state index contributed by atoms with van der Waals surface area (Å²) in [4.78, 5) is 11.0. The van der Waals surface area contributed by atoms with Gasteiger partial charge in [-0.15, -0.1) is 0 Å². The highest BCUT2D eigenvalue weighted by atomic mass is 16.1. The maximum absolute atomic E-state index is 11.0. The van der Waals surface area contributed by atoms with Crippen molar-refractivity contribution in [3.05, 3.63) is 35.4 Å². The second-order valence-corrected chi connectivity index (χ2v) is 2.97. The first kappa shape index (κ1) is 9.74. The zero-order valence-corrected chi connectivity index (χ0v) is 7.66. The van der Waals surface area contributed by atoms with Crippen molar-refractivity contribution in [1.29, 1.82) is 0 Å². The molecule has 0 saturated heterocycles. The van der Waals surface area contributed by atoms with Gasteiger partial charge in [0, 0.05) is 11.6 Å².